The molecular formula is C18H19BrClNO3. The summed E-state index contributed by atoms with van der Waals surface area (Å²) in [7, 11) is 1.53. The van der Waals surface area contributed by atoms with Crippen LogP contribution in [0.15, 0.2) is 40.9 Å². The maximum atomic E-state index is 12.2. The van der Waals surface area contributed by atoms with E-state index in [2.05, 4.69) is 35.1 Å². The van der Waals surface area contributed by atoms with Crippen molar-refractivity contribution in [3.63, 3.8) is 0 Å². The maximum absolute atomic E-state index is 12.2. The number of methoxy groups -OCH3 is 1. The lowest BCUT2D eigenvalue weighted by Crippen LogP contribution is -2.21. The Hall–Kier alpha value is -1.72. The van der Waals surface area contributed by atoms with Crippen molar-refractivity contribution in [3.8, 4) is 11.5 Å². The molecule has 0 unspecified atom stereocenters. The van der Waals surface area contributed by atoms with E-state index in [1.165, 1.54) is 7.11 Å². The third-order valence-electron chi connectivity index (χ3n) is 3.39. The van der Waals surface area contributed by atoms with E-state index in [1.54, 1.807) is 18.2 Å². The molecule has 0 saturated heterocycles. The zero-order valence-corrected chi connectivity index (χ0v) is 16.1. The second-order valence-electron chi connectivity index (χ2n) is 5.52. The van der Waals surface area contributed by atoms with Crippen LogP contribution in [0.3, 0.4) is 0 Å². The molecule has 0 aromatic heterocycles. The minimum Gasteiger partial charge on any atom is -0.495 e. The molecule has 1 N–H and O–H groups in total. The molecule has 0 bridgehead atoms. The van der Waals surface area contributed by atoms with Crippen LogP contribution in [0, 0.1) is 0 Å². The van der Waals surface area contributed by atoms with E-state index in [1.807, 2.05) is 18.2 Å². The number of ether oxygens (including phenoxy) is 2. The zero-order chi connectivity index (χ0) is 17.7. The van der Waals surface area contributed by atoms with Gasteiger partial charge in [-0.3, -0.25) is 4.79 Å². The molecule has 0 radical (unpaired) electrons. The standard InChI is InChI=1S/C18H19BrClNO3/c1-11(2)14-8-12(19)4-6-16(14)24-10-18(22)21-15-9-13(20)5-7-17(15)23-3/h4-9,11H,10H2,1-3H3,(H,21,22). The Balaban J connectivity index is 2.06. The van der Waals surface area contributed by atoms with Gasteiger partial charge in [0.2, 0.25) is 0 Å². The van der Waals surface area contributed by atoms with Crippen molar-refractivity contribution in [1.29, 1.82) is 0 Å². The summed E-state index contributed by atoms with van der Waals surface area (Å²) in [5.74, 6) is 1.24. The second kappa shape index (κ2) is 8.40. The average Bonchev–Trinajstić information content (AvgIpc) is 2.53. The summed E-state index contributed by atoms with van der Waals surface area (Å²) in [5, 5.41) is 3.27. The fourth-order valence-electron chi connectivity index (χ4n) is 2.21. The van der Waals surface area contributed by atoms with Crippen LogP contribution in [0.4, 0.5) is 5.69 Å². The molecule has 0 fully saturated rings. The van der Waals surface area contributed by atoms with E-state index in [0.29, 0.717) is 22.2 Å². The highest BCUT2D eigenvalue weighted by Gasteiger charge is 2.12. The molecule has 2 rings (SSSR count). The van der Waals surface area contributed by atoms with Crippen LogP contribution in [0.5, 0.6) is 11.5 Å². The van der Waals surface area contributed by atoms with Gasteiger partial charge >= 0.3 is 0 Å². The first-order valence-corrected chi connectivity index (χ1v) is 8.63. The molecule has 2 aromatic rings. The van der Waals surface area contributed by atoms with Crippen LogP contribution in [0.1, 0.15) is 25.3 Å². The number of hydrogen-bond donors (Lipinski definition) is 1. The monoisotopic (exact) mass is 411 g/mol. The van der Waals surface area contributed by atoms with E-state index < -0.39 is 0 Å². The number of nitrogens with one attached hydrogen (secondary N) is 1. The van der Waals surface area contributed by atoms with E-state index in [9.17, 15) is 4.79 Å². The van der Waals surface area contributed by atoms with Gasteiger partial charge in [-0.1, -0.05) is 41.4 Å². The number of rotatable bonds is 6. The first-order valence-electron chi connectivity index (χ1n) is 7.46. The van der Waals surface area contributed by atoms with Gasteiger partial charge in [0.05, 0.1) is 12.8 Å². The van der Waals surface area contributed by atoms with E-state index >= 15 is 0 Å². The Morgan fingerprint density at radius 2 is 1.92 bits per heavy atom. The fourth-order valence-corrected chi connectivity index (χ4v) is 2.76. The Kier molecular flexibility index (Phi) is 6.52. The van der Waals surface area contributed by atoms with E-state index in [-0.39, 0.29) is 18.4 Å². The van der Waals surface area contributed by atoms with Gasteiger partial charge in [0.15, 0.2) is 6.61 Å². The van der Waals surface area contributed by atoms with Crippen molar-refractivity contribution in [2.45, 2.75) is 19.8 Å². The molecule has 2 aromatic carbocycles. The van der Waals surface area contributed by atoms with E-state index in [4.69, 9.17) is 21.1 Å². The molecule has 0 atom stereocenters. The predicted molar refractivity (Wildman–Crippen MR) is 100 cm³/mol. The third-order valence-corrected chi connectivity index (χ3v) is 4.12. The molecule has 0 spiro atoms. The van der Waals surface area contributed by atoms with Gasteiger partial charge < -0.3 is 14.8 Å². The Labute approximate surface area is 155 Å². The summed E-state index contributed by atoms with van der Waals surface area (Å²) in [5.41, 5.74) is 1.55. The minimum absolute atomic E-state index is 0.100. The predicted octanol–water partition coefficient (Wildman–Crippen LogP) is 5.25. The van der Waals surface area contributed by atoms with Gasteiger partial charge in [0.25, 0.3) is 5.91 Å². The summed E-state index contributed by atoms with van der Waals surface area (Å²) in [6, 6.07) is 10.8. The molecule has 6 heteroatoms. The largest absolute Gasteiger partial charge is 0.495 e. The van der Waals surface area contributed by atoms with Crippen molar-refractivity contribution in [2.75, 3.05) is 19.0 Å². The van der Waals surface area contributed by atoms with Crippen LogP contribution in [0.2, 0.25) is 5.02 Å². The molecule has 1 amide bonds. The number of halogens is 2. The average molecular weight is 413 g/mol. The summed E-state index contributed by atoms with van der Waals surface area (Å²) >= 11 is 9.41. The van der Waals surface area contributed by atoms with Gasteiger partial charge in [-0.15, -0.1) is 0 Å². The van der Waals surface area contributed by atoms with Gasteiger partial charge in [0.1, 0.15) is 11.5 Å². The van der Waals surface area contributed by atoms with Crippen molar-refractivity contribution >= 4 is 39.1 Å². The van der Waals surface area contributed by atoms with Gasteiger partial charge in [-0.2, -0.15) is 0 Å². The molecule has 4 nitrogen and oxygen atoms in total. The number of carbonyl (C=O) groups is 1. The third kappa shape index (κ3) is 4.89. The molecule has 0 saturated carbocycles. The highest BCUT2D eigenvalue weighted by atomic mass is 79.9. The first-order chi connectivity index (χ1) is 11.4. The minimum atomic E-state index is -0.284. The molecule has 0 aliphatic heterocycles. The van der Waals surface area contributed by atoms with Crippen LogP contribution in [-0.4, -0.2) is 19.6 Å². The molecule has 0 heterocycles. The normalized spacial score (nSPS) is 10.6. The number of hydrogen-bond acceptors (Lipinski definition) is 3. The second-order valence-corrected chi connectivity index (χ2v) is 6.87. The van der Waals surface area contributed by atoms with Crippen molar-refractivity contribution in [2.24, 2.45) is 0 Å². The summed E-state index contributed by atoms with van der Waals surface area (Å²) in [6.45, 7) is 4.05. The van der Waals surface area contributed by atoms with Gasteiger partial charge in [-0.25, -0.2) is 0 Å². The molecular weight excluding hydrogens is 394 g/mol. The summed E-state index contributed by atoms with van der Waals surface area (Å²) < 4.78 is 11.9. The van der Waals surface area contributed by atoms with Crippen LogP contribution in [0.25, 0.3) is 0 Å². The summed E-state index contributed by atoms with van der Waals surface area (Å²) in [6.07, 6.45) is 0. The smallest absolute Gasteiger partial charge is 0.262 e. The Morgan fingerprint density at radius 3 is 2.58 bits per heavy atom. The molecule has 128 valence electrons. The SMILES string of the molecule is COc1ccc(Cl)cc1NC(=O)COc1ccc(Br)cc1C(C)C. The lowest BCUT2D eigenvalue weighted by Gasteiger charge is -2.15. The van der Waals surface area contributed by atoms with Crippen molar-refractivity contribution in [3.05, 3.63) is 51.5 Å². The van der Waals surface area contributed by atoms with Crippen molar-refractivity contribution in [1.82, 2.24) is 0 Å². The zero-order valence-electron chi connectivity index (χ0n) is 13.7. The van der Waals surface area contributed by atoms with Gasteiger partial charge in [-0.05, 0) is 47.9 Å². The van der Waals surface area contributed by atoms with E-state index in [0.717, 1.165) is 10.0 Å². The van der Waals surface area contributed by atoms with Gasteiger partial charge in [0, 0.05) is 9.50 Å². The van der Waals surface area contributed by atoms with Crippen LogP contribution < -0.4 is 14.8 Å². The number of anilines is 1. The first kappa shape index (κ1) is 18.6. The quantitative estimate of drug-likeness (QED) is 0.704. The lowest BCUT2D eigenvalue weighted by atomic mass is 10.0. The Morgan fingerprint density at radius 1 is 1.21 bits per heavy atom. The van der Waals surface area contributed by atoms with Crippen LogP contribution in [-0.2, 0) is 4.79 Å². The number of carbonyl (C=O) groups excluding carboxylic acids is 1. The lowest BCUT2D eigenvalue weighted by molar-refractivity contribution is -0.118. The molecule has 24 heavy (non-hydrogen) atoms. The highest BCUT2D eigenvalue weighted by molar-refractivity contribution is 9.10. The highest BCUT2D eigenvalue weighted by Crippen LogP contribution is 2.30. The molecule has 0 aliphatic rings. The molecule has 0 aliphatic carbocycles. The Bertz CT molecular complexity index is 734. The fraction of sp³-hybridized carbons (Fsp3) is 0.278. The summed E-state index contributed by atoms with van der Waals surface area (Å²) in [4.78, 5) is 12.2. The van der Waals surface area contributed by atoms with Crippen molar-refractivity contribution < 1.29 is 14.3 Å². The maximum Gasteiger partial charge on any atom is 0.262 e. The van der Waals surface area contributed by atoms with Crippen LogP contribution >= 0.6 is 27.5 Å². The number of benzene rings is 2. The number of amides is 1. The topological polar surface area (TPSA) is 47.6 Å².